The quantitative estimate of drug-likeness (QED) is 0.540. The molecule has 0 heterocycles. The Labute approximate surface area is 165 Å². The number of carbonyl (C=O) groups is 2. The van der Waals surface area contributed by atoms with Gasteiger partial charge in [-0.3, -0.25) is 9.59 Å². The van der Waals surface area contributed by atoms with Crippen LogP contribution >= 0.6 is 0 Å². The van der Waals surface area contributed by atoms with Crippen molar-refractivity contribution in [2.75, 3.05) is 26.1 Å². The predicted octanol–water partition coefficient (Wildman–Crippen LogP) is 1.96. The molecule has 2 amide bonds. The van der Waals surface area contributed by atoms with Crippen LogP contribution in [0, 0.1) is 0 Å². The summed E-state index contributed by atoms with van der Waals surface area (Å²) in [6.07, 6.45) is 1.74. The number of nitrogens with zero attached hydrogens (tertiary/aromatic N) is 2. The molecule has 28 heavy (non-hydrogen) atoms. The molecule has 1 unspecified atom stereocenters. The first-order chi connectivity index (χ1) is 13.4. The van der Waals surface area contributed by atoms with Gasteiger partial charge in [0.2, 0.25) is 5.91 Å². The molecule has 0 aliphatic rings. The topological polar surface area (TPSA) is 83.0 Å². The van der Waals surface area contributed by atoms with Crippen LogP contribution in [0.3, 0.4) is 0 Å². The van der Waals surface area contributed by atoms with Gasteiger partial charge in [0.15, 0.2) is 0 Å². The lowest BCUT2D eigenvalue weighted by Crippen LogP contribution is -2.43. The van der Waals surface area contributed by atoms with E-state index in [-0.39, 0.29) is 18.2 Å². The number of hydrogen-bond donors (Lipinski definition) is 2. The number of anilines is 1. The van der Waals surface area contributed by atoms with Crippen molar-refractivity contribution in [3.05, 3.63) is 59.7 Å². The molecule has 7 heteroatoms. The Morgan fingerprint density at radius 2 is 1.75 bits per heavy atom. The highest BCUT2D eigenvalue weighted by Gasteiger charge is 2.15. The predicted molar refractivity (Wildman–Crippen MR) is 111 cm³/mol. The number of rotatable bonds is 8. The zero-order valence-corrected chi connectivity index (χ0v) is 16.6. The molecule has 0 fully saturated rings. The summed E-state index contributed by atoms with van der Waals surface area (Å²) < 4.78 is 5.09. The van der Waals surface area contributed by atoms with Crippen LogP contribution < -0.4 is 20.4 Å². The third-order valence-electron chi connectivity index (χ3n) is 4.09. The lowest BCUT2D eigenvalue weighted by Gasteiger charge is -2.12. The van der Waals surface area contributed by atoms with Crippen molar-refractivity contribution in [3.8, 4) is 5.75 Å². The molecule has 148 valence electrons. The fraction of sp³-hybridized carbons (Fsp3) is 0.286. The molecule has 0 aliphatic carbocycles. The van der Waals surface area contributed by atoms with Gasteiger partial charge in [-0.05, 0) is 42.3 Å². The molecule has 7 nitrogen and oxygen atoms in total. The van der Waals surface area contributed by atoms with Gasteiger partial charge in [-0.1, -0.05) is 24.3 Å². The van der Waals surface area contributed by atoms with E-state index in [9.17, 15) is 9.59 Å². The van der Waals surface area contributed by atoms with Crippen LogP contribution in [0.1, 0.15) is 18.1 Å². The van der Waals surface area contributed by atoms with E-state index in [0.717, 1.165) is 22.6 Å². The standard InChI is InChI=1S/C21H26N4O3/c1-15(23-20(26)13-16-7-11-19(28-4)12-8-16)21(27)24-22-14-17-5-9-18(10-6-17)25(2)3/h5-12,14-15H,13H2,1-4H3,(H,23,26)(H,24,27). The molecule has 2 aromatic rings. The van der Waals surface area contributed by atoms with Crippen LogP contribution in [0.25, 0.3) is 0 Å². The normalized spacial score (nSPS) is 11.7. The van der Waals surface area contributed by atoms with Gasteiger partial charge >= 0.3 is 0 Å². The first-order valence-corrected chi connectivity index (χ1v) is 8.91. The van der Waals surface area contributed by atoms with Crippen LogP contribution in [0.2, 0.25) is 0 Å². The maximum atomic E-state index is 12.1. The maximum Gasteiger partial charge on any atom is 0.262 e. The molecule has 0 radical (unpaired) electrons. The third-order valence-corrected chi connectivity index (χ3v) is 4.09. The SMILES string of the molecule is COc1ccc(CC(=O)NC(C)C(=O)NN=Cc2ccc(N(C)C)cc2)cc1. The van der Waals surface area contributed by atoms with Crippen LogP contribution in [-0.2, 0) is 16.0 Å². The zero-order chi connectivity index (χ0) is 20.5. The molecule has 1 atom stereocenters. The first-order valence-electron chi connectivity index (χ1n) is 8.91. The minimum absolute atomic E-state index is 0.184. The Kier molecular flexibility index (Phi) is 7.56. The Morgan fingerprint density at radius 1 is 1.11 bits per heavy atom. The average molecular weight is 382 g/mol. The summed E-state index contributed by atoms with van der Waals surface area (Å²) in [5.41, 5.74) is 5.22. The number of methoxy groups -OCH3 is 1. The van der Waals surface area contributed by atoms with E-state index in [1.165, 1.54) is 0 Å². The number of hydrogen-bond acceptors (Lipinski definition) is 5. The fourth-order valence-electron chi connectivity index (χ4n) is 2.41. The number of carbonyl (C=O) groups excluding carboxylic acids is 2. The summed E-state index contributed by atoms with van der Waals surface area (Å²) >= 11 is 0. The Balaban J connectivity index is 1.80. The summed E-state index contributed by atoms with van der Waals surface area (Å²) in [5.74, 6) is 0.103. The van der Waals surface area contributed by atoms with Gasteiger partial charge in [-0.25, -0.2) is 5.43 Å². The molecule has 0 spiro atoms. The lowest BCUT2D eigenvalue weighted by atomic mass is 10.1. The molecule has 0 aromatic heterocycles. The van der Waals surface area contributed by atoms with Crippen molar-refractivity contribution in [1.29, 1.82) is 0 Å². The van der Waals surface area contributed by atoms with E-state index in [2.05, 4.69) is 15.8 Å². The van der Waals surface area contributed by atoms with Crippen molar-refractivity contribution >= 4 is 23.7 Å². The third kappa shape index (κ3) is 6.42. The summed E-state index contributed by atoms with van der Waals surface area (Å²) in [5, 5.41) is 6.61. The summed E-state index contributed by atoms with van der Waals surface area (Å²) in [6.45, 7) is 1.61. The van der Waals surface area contributed by atoms with Gasteiger partial charge in [0.1, 0.15) is 11.8 Å². The van der Waals surface area contributed by atoms with Crippen molar-refractivity contribution in [3.63, 3.8) is 0 Å². The van der Waals surface area contributed by atoms with Gasteiger partial charge in [-0.15, -0.1) is 0 Å². The number of ether oxygens (including phenoxy) is 1. The minimum atomic E-state index is -0.695. The molecular weight excluding hydrogens is 356 g/mol. The van der Waals surface area contributed by atoms with Crippen molar-refractivity contribution in [1.82, 2.24) is 10.7 Å². The number of hydrazone groups is 1. The largest absolute Gasteiger partial charge is 0.497 e. The van der Waals surface area contributed by atoms with Crippen LogP contribution in [0.4, 0.5) is 5.69 Å². The second-order valence-corrected chi connectivity index (χ2v) is 6.53. The second-order valence-electron chi connectivity index (χ2n) is 6.53. The lowest BCUT2D eigenvalue weighted by molar-refractivity contribution is -0.128. The molecule has 0 saturated heterocycles. The molecule has 0 aliphatic heterocycles. The monoisotopic (exact) mass is 382 g/mol. The smallest absolute Gasteiger partial charge is 0.262 e. The van der Waals surface area contributed by atoms with Gasteiger partial charge in [-0.2, -0.15) is 5.10 Å². The average Bonchev–Trinajstić information content (AvgIpc) is 2.68. The van der Waals surface area contributed by atoms with E-state index >= 15 is 0 Å². The Bertz CT molecular complexity index is 815. The molecule has 2 aromatic carbocycles. The number of benzene rings is 2. The van der Waals surface area contributed by atoms with Gasteiger partial charge < -0.3 is 15.0 Å². The highest BCUT2D eigenvalue weighted by molar-refractivity contribution is 5.89. The highest BCUT2D eigenvalue weighted by Crippen LogP contribution is 2.12. The zero-order valence-electron chi connectivity index (χ0n) is 16.6. The van der Waals surface area contributed by atoms with E-state index in [1.807, 2.05) is 55.4 Å². The van der Waals surface area contributed by atoms with Gasteiger partial charge in [0, 0.05) is 19.8 Å². The molecule has 0 bridgehead atoms. The summed E-state index contributed by atoms with van der Waals surface area (Å²) in [7, 11) is 5.52. The van der Waals surface area contributed by atoms with E-state index < -0.39 is 6.04 Å². The van der Waals surface area contributed by atoms with Crippen LogP contribution in [0.15, 0.2) is 53.6 Å². The molecular formula is C21H26N4O3. The van der Waals surface area contributed by atoms with Crippen molar-refractivity contribution < 1.29 is 14.3 Å². The van der Waals surface area contributed by atoms with E-state index in [4.69, 9.17) is 4.74 Å². The summed E-state index contributed by atoms with van der Waals surface area (Å²) in [6, 6.07) is 14.3. The number of nitrogens with one attached hydrogen (secondary N) is 2. The Hall–Kier alpha value is -3.35. The van der Waals surface area contributed by atoms with Crippen molar-refractivity contribution in [2.24, 2.45) is 5.10 Å². The highest BCUT2D eigenvalue weighted by atomic mass is 16.5. The van der Waals surface area contributed by atoms with Crippen LogP contribution in [-0.4, -0.2) is 45.3 Å². The van der Waals surface area contributed by atoms with E-state index in [0.29, 0.717) is 0 Å². The second kappa shape index (κ2) is 10.1. The minimum Gasteiger partial charge on any atom is -0.497 e. The maximum absolute atomic E-state index is 12.1. The van der Waals surface area contributed by atoms with Gasteiger partial charge in [0.25, 0.3) is 5.91 Å². The van der Waals surface area contributed by atoms with Gasteiger partial charge in [0.05, 0.1) is 19.7 Å². The van der Waals surface area contributed by atoms with Crippen molar-refractivity contribution in [2.45, 2.75) is 19.4 Å². The number of amides is 2. The summed E-state index contributed by atoms with van der Waals surface area (Å²) in [4.78, 5) is 26.2. The Morgan fingerprint density at radius 3 is 2.32 bits per heavy atom. The van der Waals surface area contributed by atoms with E-state index in [1.54, 1.807) is 32.4 Å². The molecule has 0 saturated carbocycles. The molecule has 2 rings (SSSR count). The molecule has 2 N–H and O–H groups in total. The fourth-order valence-corrected chi connectivity index (χ4v) is 2.41. The first kappa shape index (κ1) is 21.0. The van der Waals surface area contributed by atoms with Crippen LogP contribution in [0.5, 0.6) is 5.75 Å².